The number of halogens is 3. The average molecular weight is 484 g/mol. The zero-order valence-corrected chi connectivity index (χ0v) is 19.2. The lowest BCUT2D eigenvalue weighted by molar-refractivity contribution is -0.137. The molecule has 1 aromatic carbocycles. The quantitative estimate of drug-likeness (QED) is 0.705. The van der Waals surface area contributed by atoms with Crippen LogP contribution >= 0.6 is 0 Å². The number of hydrogen-bond acceptors (Lipinski definition) is 6. The van der Waals surface area contributed by atoms with Crippen LogP contribution in [0.1, 0.15) is 36.0 Å². The molecule has 1 aromatic heterocycles. The van der Waals surface area contributed by atoms with Crippen molar-refractivity contribution in [2.75, 3.05) is 39.3 Å². The molecule has 0 saturated carbocycles. The highest BCUT2D eigenvalue weighted by atomic mass is 32.2. The van der Waals surface area contributed by atoms with E-state index in [4.69, 9.17) is 0 Å². The van der Waals surface area contributed by atoms with Gasteiger partial charge in [0.15, 0.2) is 0 Å². The summed E-state index contributed by atoms with van der Waals surface area (Å²) in [5.74, 6) is 1.11. The van der Waals surface area contributed by atoms with E-state index in [-0.39, 0.29) is 24.0 Å². The van der Waals surface area contributed by atoms with Crippen LogP contribution in [0, 0.1) is 12.8 Å². The Labute approximate surface area is 192 Å². The fourth-order valence-electron chi connectivity index (χ4n) is 4.71. The Morgan fingerprint density at radius 2 is 1.67 bits per heavy atom. The summed E-state index contributed by atoms with van der Waals surface area (Å²) in [5, 5.41) is 3.38. The summed E-state index contributed by atoms with van der Waals surface area (Å²) < 4.78 is 65.9. The molecule has 2 aromatic rings. The SMILES string of the molecule is Cc1nccc(C(C2CCNCC2)N2CCN(S(=O)(=O)c3ccc(C(F)(F)F)cc3)CC2)n1. The lowest BCUT2D eigenvalue weighted by atomic mass is 9.86. The lowest BCUT2D eigenvalue weighted by Gasteiger charge is -2.42. The van der Waals surface area contributed by atoms with E-state index < -0.39 is 21.8 Å². The fourth-order valence-corrected chi connectivity index (χ4v) is 6.14. The van der Waals surface area contributed by atoms with Crippen LogP contribution in [0.15, 0.2) is 41.4 Å². The van der Waals surface area contributed by atoms with Crippen LogP contribution in [0.4, 0.5) is 13.2 Å². The molecule has 0 aliphatic carbocycles. The highest BCUT2D eigenvalue weighted by Gasteiger charge is 2.36. The molecule has 0 spiro atoms. The largest absolute Gasteiger partial charge is 0.416 e. The van der Waals surface area contributed by atoms with Crippen molar-refractivity contribution in [3.8, 4) is 0 Å². The van der Waals surface area contributed by atoms with Gasteiger partial charge in [-0.15, -0.1) is 0 Å². The third-order valence-corrected chi connectivity index (χ3v) is 8.33. The van der Waals surface area contributed by atoms with Crippen LogP contribution in [0.3, 0.4) is 0 Å². The molecular formula is C22H28F3N5O2S. The number of rotatable bonds is 5. The second kappa shape index (κ2) is 9.65. The average Bonchev–Trinajstić information content (AvgIpc) is 2.80. The predicted molar refractivity (Wildman–Crippen MR) is 117 cm³/mol. The maximum absolute atomic E-state index is 13.0. The number of alkyl halides is 3. The van der Waals surface area contributed by atoms with Crippen LogP contribution in [-0.4, -0.2) is 66.9 Å². The number of sulfonamides is 1. The molecule has 1 N–H and O–H groups in total. The van der Waals surface area contributed by atoms with Crippen molar-refractivity contribution < 1.29 is 21.6 Å². The molecule has 3 heterocycles. The van der Waals surface area contributed by atoms with Gasteiger partial charge in [-0.25, -0.2) is 18.4 Å². The van der Waals surface area contributed by atoms with Crippen molar-refractivity contribution in [3.05, 3.63) is 53.6 Å². The van der Waals surface area contributed by atoms with E-state index in [2.05, 4.69) is 20.2 Å². The van der Waals surface area contributed by atoms with E-state index in [1.165, 1.54) is 4.31 Å². The number of aryl methyl sites for hydroxylation is 1. The van der Waals surface area contributed by atoms with E-state index in [1.807, 2.05) is 13.0 Å². The zero-order chi connectivity index (χ0) is 23.6. The topological polar surface area (TPSA) is 78.4 Å². The molecular weight excluding hydrogens is 455 g/mol. The number of nitrogens with zero attached hydrogens (tertiary/aromatic N) is 4. The molecule has 1 unspecified atom stereocenters. The van der Waals surface area contributed by atoms with E-state index in [1.54, 1.807) is 6.20 Å². The molecule has 1 atom stereocenters. The van der Waals surface area contributed by atoms with Crippen molar-refractivity contribution in [2.45, 2.75) is 36.9 Å². The Bertz CT molecular complexity index is 1050. The second-order valence-electron chi connectivity index (χ2n) is 8.52. The summed E-state index contributed by atoms with van der Waals surface area (Å²) in [4.78, 5) is 11.1. The van der Waals surface area contributed by atoms with Crippen molar-refractivity contribution >= 4 is 10.0 Å². The summed E-state index contributed by atoms with van der Waals surface area (Å²) in [6.45, 7) is 5.33. The first-order valence-corrected chi connectivity index (χ1v) is 12.5. The Morgan fingerprint density at radius 3 is 2.24 bits per heavy atom. The van der Waals surface area contributed by atoms with E-state index in [9.17, 15) is 21.6 Å². The summed E-state index contributed by atoms with van der Waals surface area (Å²) in [6.07, 6.45) is -0.719. The Hall–Kier alpha value is -2.08. The lowest BCUT2D eigenvalue weighted by Crippen LogP contribution is -2.51. The van der Waals surface area contributed by atoms with Gasteiger partial charge < -0.3 is 5.32 Å². The fraction of sp³-hybridized carbons (Fsp3) is 0.545. The standard InChI is InChI=1S/C22H28F3N5O2S/c1-16-27-11-8-20(28-16)21(17-6-9-26-10-7-17)29-12-14-30(15-13-29)33(31,32)19-4-2-18(3-5-19)22(23,24)25/h2-5,8,11,17,21,26H,6-7,9-10,12-15H2,1H3. The van der Waals surface area contributed by atoms with Gasteiger partial charge in [-0.3, -0.25) is 4.90 Å². The molecule has 2 saturated heterocycles. The van der Waals surface area contributed by atoms with Crippen molar-refractivity contribution in [3.63, 3.8) is 0 Å². The molecule has 0 radical (unpaired) electrons. The van der Waals surface area contributed by atoms with Gasteiger partial charge in [-0.05, 0) is 69.1 Å². The number of benzene rings is 1. The molecule has 11 heteroatoms. The first kappa shape index (κ1) is 24.1. The molecule has 0 bridgehead atoms. The van der Waals surface area contributed by atoms with Gasteiger partial charge in [0.25, 0.3) is 0 Å². The predicted octanol–water partition coefficient (Wildman–Crippen LogP) is 2.85. The van der Waals surface area contributed by atoms with Crippen molar-refractivity contribution in [1.29, 1.82) is 0 Å². The summed E-state index contributed by atoms with van der Waals surface area (Å²) >= 11 is 0. The third kappa shape index (κ3) is 5.37. The van der Waals surface area contributed by atoms with Crippen LogP contribution in [-0.2, 0) is 16.2 Å². The summed E-state index contributed by atoms with van der Waals surface area (Å²) in [6, 6.07) is 5.70. The molecule has 4 rings (SSSR count). The van der Waals surface area contributed by atoms with Gasteiger partial charge in [-0.2, -0.15) is 17.5 Å². The van der Waals surface area contributed by atoms with Gasteiger partial charge >= 0.3 is 6.18 Å². The normalized spacial score (nSPS) is 20.6. The van der Waals surface area contributed by atoms with Gasteiger partial charge in [-0.1, -0.05) is 0 Å². The molecule has 0 amide bonds. The minimum Gasteiger partial charge on any atom is -0.317 e. The highest BCUT2D eigenvalue weighted by molar-refractivity contribution is 7.89. The van der Waals surface area contributed by atoms with Gasteiger partial charge in [0.05, 0.1) is 22.2 Å². The number of piperazine rings is 1. The molecule has 2 fully saturated rings. The second-order valence-corrected chi connectivity index (χ2v) is 10.5. The molecule has 2 aliphatic rings. The van der Waals surface area contributed by atoms with E-state index in [0.29, 0.717) is 24.8 Å². The van der Waals surface area contributed by atoms with Gasteiger partial charge in [0.1, 0.15) is 5.82 Å². The number of piperidine rings is 1. The van der Waals surface area contributed by atoms with Crippen molar-refractivity contribution in [2.24, 2.45) is 5.92 Å². The minimum absolute atomic E-state index is 0.0738. The molecule has 33 heavy (non-hydrogen) atoms. The van der Waals surface area contributed by atoms with Crippen LogP contribution < -0.4 is 5.32 Å². The maximum Gasteiger partial charge on any atom is 0.416 e. The van der Waals surface area contributed by atoms with Crippen LogP contribution in [0.2, 0.25) is 0 Å². The molecule has 7 nitrogen and oxygen atoms in total. The monoisotopic (exact) mass is 483 g/mol. The third-order valence-electron chi connectivity index (χ3n) is 6.42. The zero-order valence-electron chi connectivity index (χ0n) is 18.4. The molecule has 2 aliphatic heterocycles. The minimum atomic E-state index is -4.50. The number of aromatic nitrogens is 2. The molecule has 180 valence electrons. The Balaban J connectivity index is 1.50. The summed E-state index contributed by atoms with van der Waals surface area (Å²) in [5.41, 5.74) is 0.0877. The summed E-state index contributed by atoms with van der Waals surface area (Å²) in [7, 11) is -3.87. The van der Waals surface area contributed by atoms with Gasteiger partial charge in [0.2, 0.25) is 10.0 Å². The van der Waals surface area contributed by atoms with E-state index in [0.717, 1.165) is 55.9 Å². The van der Waals surface area contributed by atoms with Crippen LogP contribution in [0.5, 0.6) is 0 Å². The Morgan fingerprint density at radius 1 is 1.03 bits per heavy atom. The van der Waals surface area contributed by atoms with Crippen molar-refractivity contribution in [1.82, 2.24) is 24.5 Å². The first-order chi connectivity index (χ1) is 15.7. The highest BCUT2D eigenvalue weighted by Crippen LogP contribution is 2.35. The smallest absolute Gasteiger partial charge is 0.317 e. The van der Waals surface area contributed by atoms with E-state index >= 15 is 0 Å². The number of hydrogen-bond donors (Lipinski definition) is 1. The maximum atomic E-state index is 13.0. The van der Waals surface area contributed by atoms with Crippen LogP contribution in [0.25, 0.3) is 0 Å². The number of nitrogens with one attached hydrogen (secondary N) is 1. The Kier molecular flexibility index (Phi) is 7.04. The van der Waals surface area contributed by atoms with Gasteiger partial charge in [0, 0.05) is 32.4 Å². The first-order valence-electron chi connectivity index (χ1n) is 11.1.